The van der Waals surface area contributed by atoms with Crippen LogP contribution in [0.2, 0.25) is 5.02 Å². The first-order valence-electron chi connectivity index (χ1n) is 9.05. The number of nitrogens with one attached hydrogen (secondary N) is 2. The lowest BCUT2D eigenvalue weighted by Gasteiger charge is -2.46. The van der Waals surface area contributed by atoms with E-state index in [1.165, 1.54) is 0 Å². The fourth-order valence-electron chi connectivity index (χ4n) is 4.21. The summed E-state index contributed by atoms with van der Waals surface area (Å²) in [5, 5.41) is 6.76. The molecule has 0 aromatic heterocycles. The van der Waals surface area contributed by atoms with Crippen LogP contribution in [0.3, 0.4) is 0 Å². The van der Waals surface area contributed by atoms with Crippen LogP contribution in [0, 0.1) is 5.41 Å². The number of piperidine rings is 1. The monoisotopic (exact) mass is 374 g/mol. The Bertz CT molecular complexity index is 762. The van der Waals surface area contributed by atoms with Crippen LogP contribution in [-0.2, 0) is 16.0 Å². The molecule has 0 radical (unpaired) electrons. The highest BCUT2D eigenvalue weighted by Gasteiger charge is 2.50. The Kier molecular flexibility index (Phi) is 4.28. The molecule has 4 rings (SSSR count). The Morgan fingerprint density at radius 2 is 1.88 bits per heavy atom. The molecule has 0 bridgehead atoms. The smallest absolute Gasteiger partial charge is 0.253 e. The Morgan fingerprint density at radius 1 is 1.23 bits per heavy atom. The van der Waals surface area contributed by atoms with Crippen molar-refractivity contribution < 1.29 is 9.59 Å². The van der Waals surface area contributed by atoms with Crippen LogP contribution in [0.1, 0.15) is 25.3 Å². The van der Waals surface area contributed by atoms with E-state index in [0.29, 0.717) is 56.3 Å². The van der Waals surface area contributed by atoms with E-state index in [0.717, 1.165) is 5.56 Å². The summed E-state index contributed by atoms with van der Waals surface area (Å²) in [4.78, 5) is 31.9. The van der Waals surface area contributed by atoms with Gasteiger partial charge in [0.15, 0.2) is 0 Å². The second kappa shape index (κ2) is 6.35. The largest absolute Gasteiger partial charge is 0.342 e. The molecular formula is C19H23ClN4O2. The van der Waals surface area contributed by atoms with Gasteiger partial charge in [-0.3, -0.25) is 14.6 Å². The van der Waals surface area contributed by atoms with Crippen LogP contribution < -0.4 is 10.6 Å². The van der Waals surface area contributed by atoms with Gasteiger partial charge in [-0.05, 0) is 43.9 Å². The van der Waals surface area contributed by atoms with E-state index in [1.54, 1.807) is 0 Å². The first kappa shape index (κ1) is 17.5. The number of nitrogens with zero attached hydrogens (tertiary/aromatic N) is 2. The number of carbonyl (C=O) groups is 2. The maximum absolute atomic E-state index is 13.2. The molecule has 0 saturated carbocycles. The van der Waals surface area contributed by atoms with Gasteiger partial charge in [0.05, 0.1) is 5.41 Å². The number of amidine groups is 1. The molecule has 1 aromatic rings. The van der Waals surface area contributed by atoms with Crippen LogP contribution in [0.15, 0.2) is 29.3 Å². The molecule has 2 amide bonds. The third kappa shape index (κ3) is 2.91. The molecule has 6 nitrogen and oxygen atoms in total. The van der Waals surface area contributed by atoms with Crippen LogP contribution >= 0.6 is 11.6 Å². The molecular weight excluding hydrogens is 352 g/mol. The van der Waals surface area contributed by atoms with Gasteiger partial charge in [0.25, 0.3) is 5.91 Å². The van der Waals surface area contributed by atoms with Crippen molar-refractivity contribution in [1.29, 1.82) is 0 Å². The van der Waals surface area contributed by atoms with Gasteiger partial charge in [-0.2, -0.15) is 0 Å². The molecule has 138 valence electrons. The zero-order chi connectivity index (χ0) is 18.4. The number of hydrogen-bond donors (Lipinski definition) is 2. The zero-order valence-electron chi connectivity index (χ0n) is 14.8. The maximum atomic E-state index is 13.2. The van der Waals surface area contributed by atoms with E-state index in [4.69, 9.17) is 11.6 Å². The van der Waals surface area contributed by atoms with Crippen LogP contribution in [-0.4, -0.2) is 54.3 Å². The average Bonchev–Trinajstić information content (AvgIpc) is 2.86. The van der Waals surface area contributed by atoms with E-state index in [9.17, 15) is 9.59 Å². The van der Waals surface area contributed by atoms with Crippen molar-refractivity contribution in [2.75, 3.05) is 26.2 Å². The summed E-state index contributed by atoms with van der Waals surface area (Å²) in [6, 6.07) is 7.71. The fraction of sp³-hybridized carbons (Fsp3) is 0.526. The van der Waals surface area contributed by atoms with Crippen molar-refractivity contribution >= 4 is 29.3 Å². The number of rotatable bonds is 3. The molecule has 7 heteroatoms. The Balaban J connectivity index is 1.45. The van der Waals surface area contributed by atoms with Crippen molar-refractivity contribution in [3.63, 3.8) is 0 Å². The molecule has 26 heavy (non-hydrogen) atoms. The molecule has 1 spiro atoms. The van der Waals surface area contributed by atoms with E-state index in [2.05, 4.69) is 15.6 Å². The highest BCUT2D eigenvalue weighted by atomic mass is 35.5. The fourth-order valence-corrected chi connectivity index (χ4v) is 4.33. The van der Waals surface area contributed by atoms with E-state index in [-0.39, 0.29) is 11.8 Å². The van der Waals surface area contributed by atoms with Crippen LogP contribution in [0.4, 0.5) is 0 Å². The highest BCUT2D eigenvalue weighted by Crippen LogP contribution is 2.35. The number of aliphatic imine (C=N–C) groups is 1. The molecule has 2 fully saturated rings. The Morgan fingerprint density at radius 3 is 2.38 bits per heavy atom. The minimum absolute atomic E-state index is 0.0247. The summed E-state index contributed by atoms with van der Waals surface area (Å²) in [5.41, 5.74) is 0.0606. The normalized spacial score (nSPS) is 23.4. The van der Waals surface area contributed by atoms with Gasteiger partial charge in [-0.15, -0.1) is 0 Å². The molecule has 0 aliphatic carbocycles. The number of likely N-dealkylation sites (tertiary alicyclic amines) is 1. The molecule has 3 heterocycles. The van der Waals surface area contributed by atoms with Crippen molar-refractivity contribution in [2.24, 2.45) is 10.4 Å². The molecule has 1 aromatic carbocycles. The van der Waals surface area contributed by atoms with E-state index in [1.807, 2.05) is 36.1 Å². The summed E-state index contributed by atoms with van der Waals surface area (Å²) in [6.07, 6.45) is 1.88. The third-order valence-electron chi connectivity index (χ3n) is 5.81. The lowest BCUT2D eigenvalue weighted by atomic mass is 9.74. The summed E-state index contributed by atoms with van der Waals surface area (Å²) < 4.78 is 0. The molecule has 3 aliphatic rings. The van der Waals surface area contributed by atoms with Crippen molar-refractivity contribution in [2.45, 2.75) is 31.7 Å². The van der Waals surface area contributed by atoms with Crippen molar-refractivity contribution in [1.82, 2.24) is 15.5 Å². The maximum Gasteiger partial charge on any atom is 0.253 e. The number of carbonyl (C=O) groups excluding carboxylic acids is 2. The van der Waals surface area contributed by atoms with Gasteiger partial charge in [-0.25, -0.2) is 0 Å². The van der Waals surface area contributed by atoms with E-state index >= 15 is 0 Å². The Labute approximate surface area is 158 Å². The highest BCUT2D eigenvalue weighted by molar-refractivity contribution is 6.30. The predicted octanol–water partition coefficient (Wildman–Crippen LogP) is 1.38. The lowest BCUT2D eigenvalue weighted by Crippen LogP contribution is -2.64. The molecule has 2 saturated heterocycles. The summed E-state index contributed by atoms with van der Waals surface area (Å²) in [6.45, 7) is 4.34. The topological polar surface area (TPSA) is 73.8 Å². The summed E-state index contributed by atoms with van der Waals surface area (Å²) >= 11 is 5.97. The second-order valence-corrected chi connectivity index (χ2v) is 8.10. The number of halogens is 1. The molecule has 2 N–H and O–H groups in total. The van der Waals surface area contributed by atoms with Crippen LogP contribution in [0.25, 0.3) is 0 Å². The van der Waals surface area contributed by atoms with Gasteiger partial charge in [0.1, 0.15) is 11.4 Å². The lowest BCUT2D eigenvalue weighted by molar-refractivity contribution is -0.148. The van der Waals surface area contributed by atoms with E-state index < -0.39 is 11.0 Å². The Hall–Kier alpha value is -1.92. The number of amides is 2. The first-order valence-corrected chi connectivity index (χ1v) is 9.43. The van der Waals surface area contributed by atoms with Gasteiger partial charge in [0.2, 0.25) is 5.91 Å². The SMILES string of the molecule is CC1=NC2(CCN(C(=O)C3(Cc4ccc(Cl)cc4)CNC3)CC2)C(=O)N1. The van der Waals surface area contributed by atoms with Crippen LogP contribution in [0.5, 0.6) is 0 Å². The quantitative estimate of drug-likeness (QED) is 0.839. The van der Waals surface area contributed by atoms with Gasteiger partial charge in [0, 0.05) is 31.2 Å². The van der Waals surface area contributed by atoms with Gasteiger partial charge < -0.3 is 15.5 Å². The number of hydrogen-bond acceptors (Lipinski definition) is 4. The first-order chi connectivity index (χ1) is 12.4. The number of benzene rings is 1. The summed E-state index contributed by atoms with van der Waals surface area (Å²) in [5.74, 6) is 0.834. The standard InChI is InChI=1S/C19H23ClN4O2/c1-13-22-16(25)19(23-13)6-8-24(9-7-19)17(26)18(11-21-12-18)10-14-2-4-15(20)5-3-14/h2-5,21H,6-12H2,1H3,(H,22,23,25). The molecule has 3 aliphatic heterocycles. The van der Waals surface area contributed by atoms with Gasteiger partial charge >= 0.3 is 0 Å². The molecule has 0 atom stereocenters. The van der Waals surface area contributed by atoms with Gasteiger partial charge in [-0.1, -0.05) is 23.7 Å². The third-order valence-corrected chi connectivity index (χ3v) is 6.06. The minimum Gasteiger partial charge on any atom is -0.342 e. The average molecular weight is 375 g/mol. The zero-order valence-corrected chi connectivity index (χ0v) is 15.6. The van der Waals surface area contributed by atoms with Crippen molar-refractivity contribution in [3.8, 4) is 0 Å². The summed E-state index contributed by atoms with van der Waals surface area (Å²) in [7, 11) is 0. The second-order valence-electron chi connectivity index (χ2n) is 7.66. The minimum atomic E-state index is -0.665. The molecule has 0 unspecified atom stereocenters. The predicted molar refractivity (Wildman–Crippen MR) is 100 cm³/mol. The van der Waals surface area contributed by atoms with Crippen molar-refractivity contribution in [3.05, 3.63) is 34.9 Å².